The van der Waals surface area contributed by atoms with E-state index < -0.39 is 11.7 Å². The topological polar surface area (TPSA) is 23.6 Å². The summed E-state index contributed by atoms with van der Waals surface area (Å²) in [6.45, 7) is 0.682. The van der Waals surface area contributed by atoms with Gasteiger partial charge in [0.15, 0.2) is 0 Å². The highest BCUT2D eigenvalue weighted by Gasteiger charge is 2.34. The van der Waals surface area contributed by atoms with E-state index in [1.807, 2.05) is 41.3 Å². The lowest BCUT2D eigenvalue weighted by Crippen LogP contribution is -2.44. The molecule has 1 aliphatic heterocycles. The van der Waals surface area contributed by atoms with E-state index in [4.69, 9.17) is 11.6 Å². The number of anilines is 3. The zero-order valence-corrected chi connectivity index (χ0v) is 16.6. The Morgan fingerprint density at radius 2 is 1.60 bits per heavy atom. The van der Waals surface area contributed by atoms with Gasteiger partial charge in [-0.25, -0.2) is 0 Å². The van der Waals surface area contributed by atoms with Gasteiger partial charge < -0.3 is 4.90 Å². The van der Waals surface area contributed by atoms with Gasteiger partial charge in [0.25, 0.3) is 5.91 Å². The molecule has 1 heterocycles. The summed E-state index contributed by atoms with van der Waals surface area (Å²) in [5.74, 6) is -0.274. The fourth-order valence-corrected chi connectivity index (χ4v) is 3.72. The maximum Gasteiger partial charge on any atom is 0.416 e. The first-order valence-electron chi connectivity index (χ1n) is 9.41. The molecule has 30 heavy (non-hydrogen) atoms. The van der Waals surface area contributed by atoms with Crippen molar-refractivity contribution in [1.29, 1.82) is 0 Å². The molecule has 1 amide bonds. The molecule has 0 saturated carbocycles. The van der Waals surface area contributed by atoms with Crippen LogP contribution in [0.25, 0.3) is 0 Å². The van der Waals surface area contributed by atoms with E-state index in [0.29, 0.717) is 23.7 Å². The first-order valence-corrected chi connectivity index (χ1v) is 9.79. The molecule has 0 radical (unpaired) electrons. The highest BCUT2D eigenvalue weighted by molar-refractivity contribution is 6.30. The van der Waals surface area contributed by atoms with Crippen molar-refractivity contribution in [3.05, 3.63) is 88.9 Å². The fourth-order valence-electron chi connectivity index (χ4n) is 3.59. The second kappa shape index (κ2) is 8.03. The summed E-state index contributed by atoms with van der Waals surface area (Å²) in [6.07, 6.45) is -3.76. The molecule has 0 unspecified atom stereocenters. The highest BCUT2D eigenvalue weighted by Crippen LogP contribution is 2.40. The first kappa shape index (κ1) is 20.3. The molecule has 0 atom stereocenters. The van der Waals surface area contributed by atoms with Gasteiger partial charge in [0.2, 0.25) is 0 Å². The van der Waals surface area contributed by atoms with Crippen molar-refractivity contribution < 1.29 is 18.0 Å². The van der Waals surface area contributed by atoms with Gasteiger partial charge in [-0.05, 0) is 54.4 Å². The SMILES string of the molecule is O=C1CN(CCc2ccc(Cl)cc2)c2ccccc2N1c1cccc(C(F)(F)F)c1. The molecule has 3 nitrogen and oxygen atoms in total. The number of halogens is 4. The Morgan fingerprint density at radius 1 is 0.900 bits per heavy atom. The Labute approximate surface area is 177 Å². The number of nitrogens with zero attached hydrogens (tertiary/aromatic N) is 2. The van der Waals surface area contributed by atoms with Crippen molar-refractivity contribution in [2.75, 3.05) is 22.9 Å². The van der Waals surface area contributed by atoms with Gasteiger partial charge in [-0.3, -0.25) is 9.69 Å². The molecule has 7 heteroatoms. The second-order valence-corrected chi connectivity index (χ2v) is 7.50. The molecular formula is C23H18ClF3N2O. The number of hydrogen-bond acceptors (Lipinski definition) is 2. The molecule has 0 saturated heterocycles. The van der Waals surface area contributed by atoms with Crippen molar-refractivity contribution in [2.45, 2.75) is 12.6 Å². The Balaban J connectivity index is 1.64. The van der Waals surface area contributed by atoms with Crippen molar-refractivity contribution in [1.82, 2.24) is 0 Å². The van der Waals surface area contributed by atoms with Gasteiger partial charge in [-0.2, -0.15) is 13.2 Å². The summed E-state index contributed by atoms with van der Waals surface area (Å²) < 4.78 is 39.5. The summed E-state index contributed by atoms with van der Waals surface area (Å²) in [7, 11) is 0. The van der Waals surface area contributed by atoms with Crippen LogP contribution in [0.2, 0.25) is 5.02 Å². The lowest BCUT2D eigenvalue weighted by Gasteiger charge is -2.37. The Bertz CT molecular complexity index is 1070. The van der Waals surface area contributed by atoms with E-state index in [9.17, 15) is 18.0 Å². The average molecular weight is 431 g/mol. The number of alkyl halides is 3. The number of amides is 1. The third-order valence-electron chi connectivity index (χ3n) is 5.05. The standard InChI is InChI=1S/C23H18ClF3N2O/c24-18-10-8-16(9-11-18)12-13-28-15-22(30)29(21-7-2-1-6-20(21)28)19-5-3-4-17(14-19)23(25,26)27/h1-11,14H,12-13,15H2. The first-order chi connectivity index (χ1) is 14.3. The molecule has 0 spiro atoms. The maximum absolute atomic E-state index is 13.2. The van der Waals surface area contributed by atoms with E-state index in [2.05, 4.69) is 0 Å². The van der Waals surface area contributed by atoms with Crippen LogP contribution in [-0.2, 0) is 17.4 Å². The van der Waals surface area contributed by atoms with Crippen LogP contribution in [0, 0.1) is 0 Å². The zero-order chi connectivity index (χ0) is 21.3. The monoisotopic (exact) mass is 430 g/mol. The number of rotatable bonds is 4. The second-order valence-electron chi connectivity index (χ2n) is 7.06. The number of hydrogen-bond donors (Lipinski definition) is 0. The van der Waals surface area contributed by atoms with Crippen LogP contribution in [-0.4, -0.2) is 19.0 Å². The molecule has 4 rings (SSSR count). The van der Waals surface area contributed by atoms with Crippen LogP contribution in [0.3, 0.4) is 0 Å². The Hall–Kier alpha value is -2.99. The van der Waals surface area contributed by atoms with Crippen molar-refractivity contribution in [3.8, 4) is 0 Å². The number of benzene rings is 3. The van der Waals surface area contributed by atoms with Gasteiger partial charge >= 0.3 is 6.18 Å². The predicted octanol–water partition coefficient (Wildman–Crippen LogP) is 6.09. The molecule has 1 aliphatic rings. The van der Waals surface area contributed by atoms with Gasteiger partial charge in [-0.1, -0.05) is 41.9 Å². The van der Waals surface area contributed by atoms with Crippen molar-refractivity contribution in [3.63, 3.8) is 0 Å². The number of carbonyl (C=O) groups excluding carboxylic acids is 1. The molecule has 0 fully saturated rings. The minimum Gasteiger partial charge on any atom is -0.360 e. The van der Waals surface area contributed by atoms with Crippen LogP contribution in [0.4, 0.5) is 30.2 Å². The maximum atomic E-state index is 13.2. The van der Waals surface area contributed by atoms with Gasteiger partial charge in [0.05, 0.1) is 23.5 Å². The van der Waals surface area contributed by atoms with Gasteiger partial charge in [-0.15, -0.1) is 0 Å². The van der Waals surface area contributed by atoms with Gasteiger partial charge in [0.1, 0.15) is 0 Å². The molecule has 3 aromatic carbocycles. The summed E-state index contributed by atoms with van der Waals surface area (Å²) >= 11 is 5.93. The predicted molar refractivity (Wildman–Crippen MR) is 112 cm³/mol. The lowest BCUT2D eigenvalue weighted by molar-refractivity contribution is -0.137. The summed E-state index contributed by atoms with van der Waals surface area (Å²) in [6, 6.07) is 19.6. The third kappa shape index (κ3) is 4.14. The highest BCUT2D eigenvalue weighted by atomic mass is 35.5. The minimum atomic E-state index is -4.47. The van der Waals surface area contributed by atoms with Crippen LogP contribution < -0.4 is 9.80 Å². The van der Waals surface area contributed by atoms with E-state index in [1.165, 1.54) is 17.0 Å². The van der Waals surface area contributed by atoms with Crippen molar-refractivity contribution >= 4 is 34.6 Å². The van der Waals surface area contributed by atoms with E-state index in [1.54, 1.807) is 12.1 Å². The molecule has 154 valence electrons. The Morgan fingerprint density at radius 3 is 2.30 bits per heavy atom. The van der Waals surface area contributed by atoms with E-state index in [0.717, 1.165) is 23.4 Å². The summed E-state index contributed by atoms with van der Waals surface area (Å²) in [4.78, 5) is 16.3. The lowest BCUT2D eigenvalue weighted by atomic mass is 10.1. The van der Waals surface area contributed by atoms with Crippen LogP contribution >= 0.6 is 11.6 Å². The number of carbonyl (C=O) groups is 1. The van der Waals surface area contributed by atoms with Crippen molar-refractivity contribution in [2.24, 2.45) is 0 Å². The number of para-hydroxylation sites is 2. The molecule has 0 N–H and O–H groups in total. The fraction of sp³-hybridized carbons (Fsp3) is 0.174. The largest absolute Gasteiger partial charge is 0.416 e. The van der Waals surface area contributed by atoms with Crippen LogP contribution in [0.5, 0.6) is 0 Å². The average Bonchev–Trinajstić information content (AvgIpc) is 2.72. The molecular weight excluding hydrogens is 413 g/mol. The molecule has 0 aliphatic carbocycles. The quantitative estimate of drug-likeness (QED) is 0.500. The van der Waals surface area contributed by atoms with Crippen LogP contribution in [0.15, 0.2) is 72.8 Å². The van der Waals surface area contributed by atoms with E-state index in [-0.39, 0.29) is 18.1 Å². The molecule has 0 aromatic heterocycles. The number of fused-ring (bicyclic) bond motifs is 1. The normalized spacial score (nSPS) is 14.1. The third-order valence-corrected chi connectivity index (χ3v) is 5.31. The Kier molecular flexibility index (Phi) is 5.43. The smallest absolute Gasteiger partial charge is 0.360 e. The molecule has 0 bridgehead atoms. The zero-order valence-electron chi connectivity index (χ0n) is 15.9. The molecule has 3 aromatic rings. The minimum absolute atomic E-state index is 0.0842. The summed E-state index contributed by atoms with van der Waals surface area (Å²) in [5.41, 5.74) is 1.90. The summed E-state index contributed by atoms with van der Waals surface area (Å²) in [5, 5.41) is 0.661. The van der Waals surface area contributed by atoms with E-state index >= 15 is 0 Å². The van der Waals surface area contributed by atoms with Gasteiger partial charge in [0, 0.05) is 17.3 Å². The van der Waals surface area contributed by atoms with Crippen LogP contribution in [0.1, 0.15) is 11.1 Å².